The van der Waals surface area contributed by atoms with Crippen LogP contribution in [0.2, 0.25) is 0 Å². The van der Waals surface area contributed by atoms with Crippen molar-refractivity contribution in [3.05, 3.63) is 41.7 Å². The Morgan fingerprint density at radius 1 is 1.29 bits per heavy atom. The van der Waals surface area contributed by atoms with Crippen LogP contribution in [-0.4, -0.2) is 28.3 Å². The number of aromatic nitrogens is 2. The van der Waals surface area contributed by atoms with Gasteiger partial charge in [-0.2, -0.15) is 5.10 Å². The maximum atomic E-state index is 12.1. The summed E-state index contributed by atoms with van der Waals surface area (Å²) in [5, 5.41) is 7.27. The summed E-state index contributed by atoms with van der Waals surface area (Å²) in [6, 6.07) is 9.70. The molecule has 1 aliphatic carbocycles. The summed E-state index contributed by atoms with van der Waals surface area (Å²) in [5.74, 6) is -0.308. The molecule has 1 aliphatic rings. The Morgan fingerprint density at radius 3 is 2.58 bits per heavy atom. The Labute approximate surface area is 140 Å². The maximum absolute atomic E-state index is 12.1. The summed E-state index contributed by atoms with van der Waals surface area (Å²) in [6.45, 7) is 5.45. The van der Waals surface area contributed by atoms with E-state index in [1.807, 2.05) is 51.1 Å². The minimum absolute atomic E-state index is 0.0397. The van der Waals surface area contributed by atoms with Gasteiger partial charge in [-0.3, -0.25) is 9.59 Å². The van der Waals surface area contributed by atoms with Crippen molar-refractivity contribution in [2.75, 3.05) is 11.9 Å². The van der Waals surface area contributed by atoms with Crippen LogP contribution in [-0.2, 0) is 14.3 Å². The fraction of sp³-hybridized carbons (Fsp3) is 0.389. The molecule has 3 rings (SSSR count). The zero-order valence-corrected chi connectivity index (χ0v) is 14.1. The quantitative estimate of drug-likeness (QED) is 0.857. The highest BCUT2D eigenvalue weighted by Crippen LogP contribution is 2.38. The molecule has 126 valence electrons. The van der Waals surface area contributed by atoms with Crippen LogP contribution < -0.4 is 5.32 Å². The van der Waals surface area contributed by atoms with E-state index in [4.69, 9.17) is 4.74 Å². The maximum Gasteiger partial charge on any atom is 0.309 e. The molecule has 1 amide bonds. The molecule has 6 nitrogen and oxygen atoms in total. The lowest BCUT2D eigenvalue weighted by Crippen LogP contribution is -2.22. The van der Waals surface area contributed by atoms with Gasteiger partial charge in [0, 0.05) is 0 Å². The summed E-state index contributed by atoms with van der Waals surface area (Å²) < 4.78 is 6.84. The van der Waals surface area contributed by atoms with Crippen molar-refractivity contribution in [3.63, 3.8) is 0 Å². The van der Waals surface area contributed by atoms with Crippen LogP contribution in [0, 0.1) is 25.7 Å². The molecular weight excluding hydrogens is 306 g/mol. The number of anilines is 1. The standard InChI is InChI=1S/C18H21N3O3/c1-11-9-15(11)18(23)24-10-16(22)19-17-12(2)20-21(13(17)3)14-7-5-4-6-8-14/h4-8,11,15H,9-10H2,1-3H3,(H,19,22)/t11-,15+/m0/s1. The molecule has 0 unspecified atom stereocenters. The molecule has 0 spiro atoms. The van der Waals surface area contributed by atoms with Crippen molar-refractivity contribution in [3.8, 4) is 5.69 Å². The number of nitrogens with one attached hydrogen (secondary N) is 1. The number of aryl methyl sites for hydroxylation is 1. The number of carbonyl (C=O) groups excluding carboxylic acids is 2. The van der Waals surface area contributed by atoms with Gasteiger partial charge in [-0.25, -0.2) is 4.68 Å². The van der Waals surface area contributed by atoms with Crippen molar-refractivity contribution >= 4 is 17.6 Å². The van der Waals surface area contributed by atoms with E-state index in [2.05, 4.69) is 10.4 Å². The number of rotatable bonds is 5. The van der Waals surface area contributed by atoms with Crippen molar-refractivity contribution < 1.29 is 14.3 Å². The number of benzene rings is 1. The fourth-order valence-corrected chi connectivity index (χ4v) is 2.71. The second kappa shape index (κ2) is 6.47. The number of esters is 1. The summed E-state index contributed by atoms with van der Waals surface area (Å²) in [6.07, 6.45) is 0.850. The highest BCUT2D eigenvalue weighted by Gasteiger charge is 2.40. The molecular formula is C18H21N3O3. The van der Waals surface area contributed by atoms with Gasteiger partial charge >= 0.3 is 5.97 Å². The van der Waals surface area contributed by atoms with Gasteiger partial charge in [-0.1, -0.05) is 25.1 Å². The van der Waals surface area contributed by atoms with Crippen LogP contribution in [0.4, 0.5) is 5.69 Å². The molecule has 2 atom stereocenters. The van der Waals surface area contributed by atoms with Gasteiger partial charge in [0.2, 0.25) is 0 Å². The minimum atomic E-state index is -0.351. The van der Waals surface area contributed by atoms with Crippen molar-refractivity contribution in [1.82, 2.24) is 9.78 Å². The molecule has 1 fully saturated rings. The average molecular weight is 327 g/mol. The third-order valence-corrected chi connectivity index (χ3v) is 4.31. The van der Waals surface area contributed by atoms with E-state index in [9.17, 15) is 9.59 Å². The number of para-hydroxylation sites is 1. The molecule has 6 heteroatoms. The first kappa shape index (κ1) is 16.2. The molecule has 0 saturated heterocycles. The van der Waals surface area contributed by atoms with Crippen molar-refractivity contribution in [2.45, 2.75) is 27.2 Å². The number of nitrogens with zero attached hydrogens (tertiary/aromatic N) is 2. The lowest BCUT2D eigenvalue weighted by Gasteiger charge is -2.08. The SMILES string of the molecule is Cc1nn(-c2ccccc2)c(C)c1NC(=O)COC(=O)[C@@H]1C[C@@H]1C. The molecule has 1 heterocycles. The lowest BCUT2D eigenvalue weighted by atomic mass is 10.3. The van der Waals surface area contributed by atoms with E-state index in [0.29, 0.717) is 17.3 Å². The third kappa shape index (κ3) is 3.32. The molecule has 0 aliphatic heterocycles. The second-order valence-electron chi connectivity index (χ2n) is 6.27. The van der Waals surface area contributed by atoms with Crippen LogP contribution in [0.25, 0.3) is 5.69 Å². The molecule has 24 heavy (non-hydrogen) atoms. The Morgan fingerprint density at radius 2 is 1.96 bits per heavy atom. The van der Waals surface area contributed by atoms with E-state index in [0.717, 1.165) is 17.8 Å². The molecule has 1 N–H and O–H groups in total. The zero-order valence-electron chi connectivity index (χ0n) is 14.1. The van der Waals surface area contributed by atoms with Gasteiger partial charge in [0.25, 0.3) is 5.91 Å². The average Bonchev–Trinajstić information content (AvgIpc) is 3.25. The first-order valence-electron chi connectivity index (χ1n) is 8.05. The normalized spacial score (nSPS) is 19.0. The monoisotopic (exact) mass is 327 g/mol. The van der Waals surface area contributed by atoms with Gasteiger partial charge in [0.05, 0.1) is 28.7 Å². The smallest absolute Gasteiger partial charge is 0.309 e. The van der Waals surface area contributed by atoms with E-state index in [1.165, 1.54) is 0 Å². The van der Waals surface area contributed by atoms with Crippen LogP contribution in [0.3, 0.4) is 0 Å². The number of ether oxygens (including phenoxy) is 1. The van der Waals surface area contributed by atoms with E-state index in [1.54, 1.807) is 4.68 Å². The summed E-state index contributed by atoms with van der Waals surface area (Å²) in [5.41, 5.74) is 3.12. The molecule has 1 aromatic heterocycles. The number of hydrogen-bond donors (Lipinski definition) is 1. The van der Waals surface area contributed by atoms with Gasteiger partial charge in [0.1, 0.15) is 0 Å². The second-order valence-corrected chi connectivity index (χ2v) is 6.27. The van der Waals surface area contributed by atoms with Crippen LogP contribution in [0.5, 0.6) is 0 Å². The first-order valence-corrected chi connectivity index (χ1v) is 8.05. The number of amides is 1. The molecule has 0 radical (unpaired) electrons. The number of hydrogen-bond acceptors (Lipinski definition) is 4. The van der Waals surface area contributed by atoms with Crippen molar-refractivity contribution in [2.24, 2.45) is 11.8 Å². The molecule has 0 bridgehead atoms. The van der Waals surface area contributed by atoms with Crippen molar-refractivity contribution in [1.29, 1.82) is 0 Å². The van der Waals surface area contributed by atoms with Gasteiger partial charge in [-0.15, -0.1) is 0 Å². The van der Waals surface area contributed by atoms with E-state index < -0.39 is 0 Å². The summed E-state index contributed by atoms with van der Waals surface area (Å²) in [4.78, 5) is 23.7. The molecule has 1 saturated carbocycles. The molecule has 1 aromatic carbocycles. The minimum Gasteiger partial charge on any atom is -0.455 e. The Balaban J connectivity index is 1.65. The fourth-order valence-electron chi connectivity index (χ4n) is 2.71. The van der Waals surface area contributed by atoms with Crippen LogP contribution in [0.1, 0.15) is 24.7 Å². The largest absolute Gasteiger partial charge is 0.455 e. The van der Waals surface area contributed by atoms with E-state index in [-0.39, 0.29) is 24.4 Å². The van der Waals surface area contributed by atoms with Gasteiger partial charge in [0.15, 0.2) is 6.61 Å². The summed E-state index contributed by atoms with van der Waals surface area (Å²) >= 11 is 0. The zero-order chi connectivity index (χ0) is 17.3. The predicted octanol–water partition coefficient (Wildman–Crippen LogP) is 2.63. The predicted molar refractivity (Wildman–Crippen MR) is 89.9 cm³/mol. The van der Waals surface area contributed by atoms with E-state index >= 15 is 0 Å². The lowest BCUT2D eigenvalue weighted by molar-refractivity contribution is -0.148. The Kier molecular flexibility index (Phi) is 4.38. The third-order valence-electron chi connectivity index (χ3n) is 4.31. The topological polar surface area (TPSA) is 73.2 Å². The van der Waals surface area contributed by atoms with Gasteiger partial charge in [-0.05, 0) is 38.3 Å². The van der Waals surface area contributed by atoms with Crippen LogP contribution >= 0.6 is 0 Å². The number of carbonyl (C=O) groups is 2. The molecule has 2 aromatic rings. The van der Waals surface area contributed by atoms with Crippen LogP contribution in [0.15, 0.2) is 30.3 Å². The highest BCUT2D eigenvalue weighted by molar-refractivity contribution is 5.94. The highest BCUT2D eigenvalue weighted by atomic mass is 16.5. The summed E-state index contributed by atoms with van der Waals surface area (Å²) in [7, 11) is 0. The Hall–Kier alpha value is -2.63. The first-order chi connectivity index (χ1) is 11.5. The Bertz CT molecular complexity index is 767. The van der Waals surface area contributed by atoms with Gasteiger partial charge < -0.3 is 10.1 Å².